The van der Waals surface area contributed by atoms with Crippen molar-refractivity contribution in [3.05, 3.63) is 40.6 Å². The van der Waals surface area contributed by atoms with Crippen LogP contribution in [0, 0.1) is 24.2 Å². The number of nitriles is 1. The first-order valence-electron chi connectivity index (χ1n) is 11.4. The number of hydrogen-bond acceptors (Lipinski definition) is 3. The minimum atomic E-state index is -3.67. The van der Waals surface area contributed by atoms with Crippen molar-refractivity contribution in [2.75, 3.05) is 6.54 Å². The van der Waals surface area contributed by atoms with E-state index in [-0.39, 0.29) is 5.92 Å². The SMILES string of the molecule is Cc1ccc(S(=O)(=O)N2CC(C)/C(=C(/C#N)[Si](C(C)C)(C(C)C)C(C)C)C2(C)C)cc1. The first-order chi connectivity index (χ1) is 14.2. The van der Waals surface area contributed by atoms with Crippen molar-refractivity contribution in [1.29, 1.82) is 5.26 Å². The van der Waals surface area contributed by atoms with E-state index in [4.69, 9.17) is 0 Å². The van der Waals surface area contributed by atoms with Gasteiger partial charge in [-0.15, -0.1) is 0 Å². The van der Waals surface area contributed by atoms with Gasteiger partial charge in [0.15, 0.2) is 0 Å². The van der Waals surface area contributed by atoms with E-state index in [0.717, 1.165) is 16.3 Å². The summed E-state index contributed by atoms with van der Waals surface area (Å²) in [5, 5.41) is 11.4. The topological polar surface area (TPSA) is 61.2 Å². The van der Waals surface area contributed by atoms with E-state index in [1.165, 1.54) is 0 Å². The van der Waals surface area contributed by atoms with Gasteiger partial charge in [0, 0.05) is 11.7 Å². The van der Waals surface area contributed by atoms with Gasteiger partial charge >= 0.3 is 0 Å². The summed E-state index contributed by atoms with van der Waals surface area (Å²) in [5.74, 6) is 0.00741. The van der Waals surface area contributed by atoms with Crippen molar-refractivity contribution in [2.45, 2.75) is 96.3 Å². The molecule has 0 bridgehead atoms. The molecule has 1 fully saturated rings. The number of hydrogen-bond donors (Lipinski definition) is 0. The standard InChI is InChI=1S/C25H40N2O2SSi/c1-17(2)31(18(3)4,19(5)6)23(15-26)24-21(8)16-27(25(24,9)10)30(28,29)22-13-11-20(7)12-14-22/h11-14,17-19,21H,16H2,1-10H3/b24-23+. The molecule has 1 aliphatic rings. The molecule has 0 radical (unpaired) electrons. The van der Waals surface area contributed by atoms with Crippen LogP contribution in [0.25, 0.3) is 0 Å². The van der Waals surface area contributed by atoms with E-state index >= 15 is 0 Å². The van der Waals surface area contributed by atoms with Gasteiger partial charge in [0.2, 0.25) is 10.0 Å². The minimum Gasteiger partial charge on any atom is -0.207 e. The average Bonchev–Trinajstić information content (AvgIpc) is 2.88. The van der Waals surface area contributed by atoms with Gasteiger partial charge < -0.3 is 0 Å². The van der Waals surface area contributed by atoms with Crippen molar-refractivity contribution < 1.29 is 8.42 Å². The molecule has 0 N–H and O–H groups in total. The number of allylic oxidation sites excluding steroid dienone is 1. The zero-order valence-electron chi connectivity index (χ0n) is 20.9. The summed E-state index contributed by atoms with van der Waals surface area (Å²) >= 11 is 0. The molecule has 6 heteroatoms. The van der Waals surface area contributed by atoms with E-state index in [9.17, 15) is 13.7 Å². The van der Waals surface area contributed by atoms with Crippen LogP contribution in [-0.2, 0) is 10.0 Å². The molecular weight excluding hydrogens is 420 g/mol. The highest BCUT2D eigenvalue weighted by molar-refractivity contribution is 7.89. The molecule has 1 aromatic rings. The molecule has 2 rings (SSSR count). The summed E-state index contributed by atoms with van der Waals surface area (Å²) in [6.07, 6.45) is 0. The third kappa shape index (κ3) is 4.05. The Morgan fingerprint density at radius 3 is 1.90 bits per heavy atom. The van der Waals surface area contributed by atoms with Gasteiger partial charge in [-0.1, -0.05) is 66.2 Å². The van der Waals surface area contributed by atoms with Crippen LogP contribution in [0.3, 0.4) is 0 Å². The lowest BCUT2D eigenvalue weighted by molar-refractivity contribution is 0.320. The molecule has 31 heavy (non-hydrogen) atoms. The van der Waals surface area contributed by atoms with Gasteiger partial charge in [-0.05, 0) is 61.0 Å². The fourth-order valence-corrected chi connectivity index (χ4v) is 15.1. The van der Waals surface area contributed by atoms with Gasteiger partial charge in [-0.2, -0.15) is 9.57 Å². The lowest BCUT2D eigenvalue weighted by Gasteiger charge is -2.45. The summed E-state index contributed by atoms with van der Waals surface area (Å²) in [6.45, 7) is 21.9. The lowest BCUT2D eigenvalue weighted by Crippen LogP contribution is -2.50. The van der Waals surface area contributed by atoms with E-state index in [2.05, 4.69) is 54.5 Å². The van der Waals surface area contributed by atoms with Crippen molar-refractivity contribution in [3.63, 3.8) is 0 Å². The Kier molecular flexibility index (Phi) is 7.37. The third-order valence-electron chi connectivity index (χ3n) is 7.50. The van der Waals surface area contributed by atoms with E-state index < -0.39 is 23.6 Å². The van der Waals surface area contributed by atoms with Crippen LogP contribution in [0.15, 0.2) is 39.9 Å². The first kappa shape index (κ1) is 25.8. The molecular formula is C25H40N2O2SSi. The predicted octanol–water partition coefficient (Wildman–Crippen LogP) is 6.45. The molecule has 1 heterocycles. The second kappa shape index (κ2) is 8.84. The Morgan fingerprint density at radius 2 is 1.52 bits per heavy atom. The normalized spacial score (nSPS) is 21.7. The number of nitrogens with zero attached hydrogens (tertiary/aromatic N) is 2. The summed E-state index contributed by atoms with van der Waals surface area (Å²) < 4.78 is 28.9. The molecule has 1 unspecified atom stereocenters. The van der Waals surface area contributed by atoms with Gasteiger partial charge in [0.25, 0.3) is 0 Å². The Labute approximate surface area is 191 Å². The second-order valence-corrected chi connectivity index (χ2v) is 18.3. The molecule has 0 spiro atoms. The largest absolute Gasteiger partial charge is 0.243 e. The molecule has 1 aliphatic heterocycles. The lowest BCUT2D eigenvalue weighted by atomic mass is 9.90. The van der Waals surface area contributed by atoms with E-state index in [1.54, 1.807) is 16.4 Å². The molecule has 0 aromatic heterocycles. The maximum absolute atomic E-state index is 13.6. The zero-order chi connectivity index (χ0) is 23.9. The minimum absolute atomic E-state index is 0.00741. The maximum atomic E-state index is 13.6. The average molecular weight is 461 g/mol. The van der Waals surface area contributed by atoms with Gasteiger partial charge in [-0.3, -0.25) is 0 Å². The number of sulfonamides is 1. The summed E-state index contributed by atoms with van der Waals surface area (Å²) in [4.78, 5) is 0.318. The van der Waals surface area contributed by atoms with Crippen molar-refractivity contribution >= 4 is 18.1 Å². The van der Waals surface area contributed by atoms with E-state index in [1.807, 2.05) is 32.9 Å². The second-order valence-electron chi connectivity index (χ2n) is 10.6. The van der Waals surface area contributed by atoms with Crippen molar-refractivity contribution in [3.8, 4) is 6.07 Å². The highest BCUT2D eigenvalue weighted by atomic mass is 32.2. The zero-order valence-corrected chi connectivity index (χ0v) is 22.8. The predicted molar refractivity (Wildman–Crippen MR) is 132 cm³/mol. The molecule has 4 nitrogen and oxygen atoms in total. The summed E-state index contributed by atoms with van der Waals surface area (Å²) in [7, 11) is -5.90. The third-order valence-corrected chi connectivity index (χ3v) is 16.5. The Morgan fingerprint density at radius 1 is 1.06 bits per heavy atom. The smallest absolute Gasteiger partial charge is 0.207 e. The van der Waals surface area contributed by atoms with Gasteiger partial charge in [0.05, 0.1) is 16.5 Å². The van der Waals surface area contributed by atoms with Crippen LogP contribution in [0.5, 0.6) is 0 Å². The van der Waals surface area contributed by atoms with Crippen LogP contribution in [0.4, 0.5) is 0 Å². The maximum Gasteiger partial charge on any atom is 0.243 e. The summed E-state index contributed by atoms with van der Waals surface area (Å²) in [6, 6.07) is 9.71. The van der Waals surface area contributed by atoms with Crippen molar-refractivity contribution in [1.82, 2.24) is 4.31 Å². The fourth-order valence-electron chi connectivity index (χ4n) is 6.35. The van der Waals surface area contributed by atoms with E-state index in [0.29, 0.717) is 28.1 Å². The Balaban J connectivity index is 2.79. The Hall–Kier alpha value is -1.42. The fraction of sp³-hybridized carbons (Fsp3) is 0.640. The highest BCUT2D eigenvalue weighted by Gasteiger charge is 2.54. The molecule has 0 aliphatic carbocycles. The summed E-state index contributed by atoms with van der Waals surface area (Å²) in [5.41, 5.74) is 2.49. The first-order valence-corrected chi connectivity index (χ1v) is 15.1. The van der Waals surface area contributed by atoms with Crippen LogP contribution < -0.4 is 0 Å². The molecule has 1 saturated heterocycles. The molecule has 172 valence electrons. The highest BCUT2D eigenvalue weighted by Crippen LogP contribution is 2.52. The molecule has 0 saturated carbocycles. The molecule has 1 atom stereocenters. The van der Waals surface area contributed by atoms with Crippen LogP contribution >= 0.6 is 0 Å². The van der Waals surface area contributed by atoms with Crippen LogP contribution in [0.1, 0.15) is 67.9 Å². The van der Waals surface area contributed by atoms with Crippen LogP contribution in [0.2, 0.25) is 16.6 Å². The molecule has 1 aromatic carbocycles. The number of aryl methyl sites for hydroxylation is 1. The monoisotopic (exact) mass is 460 g/mol. The van der Waals surface area contributed by atoms with Crippen molar-refractivity contribution in [2.24, 2.45) is 5.92 Å². The Bertz CT molecular complexity index is 962. The van der Waals surface area contributed by atoms with Gasteiger partial charge in [-0.25, -0.2) is 8.42 Å². The van der Waals surface area contributed by atoms with Crippen LogP contribution in [-0.4, -0.2) is 32.9 Å². The van der Waals surface area contributed by atoms with Gasteiger partial charge in [0.1, 0.15) is 8.07 Å². The number of benzene rings is 1. The number of rotatable bonds is 6. The molecule has 0 amide bonds. The quantitative estimate of drug-likeness (QED) is 0.362.